The van der Waals surface area contributed by atoms with Crippen molar-refractivity contribution in [2.24, 2.45) is 5.92 Å². The Morgan fingerprint density at radius 3 is 2.89 bits per heavy atom. The van der Waals surface area contributed by atoms with E-state index in [1.54, 1.807) is 0 Å². The van der Waals surface area contributed by atoms with Crippen LogP contribution >= 0.6 is 0 Å². The molecule has 2 unspecified atom stereocenters. The molecule has 2 atom stereocenters. The van der Waals surface area contributed by atoms with Crippen molar-refractivity contribution >= 4 is 5.97 Å². The Balaban J connectivity index is 2.22. The van der Waals surface area contributed by atoms with E-state index in [0.717, 1.165) is 6.42 Å². The van der Waals surface area contributed by atoms with Gasteiger partial charge in [-0.2, -0.15) is 5.26 Å². The first kappa shape index (κ1) is 6.09. The minimum atomic E-state index is -0.294. The van der Waals surface area contributed by atoms with Crippen molar-refractivity contribution in [3.05, 3.63) is 0 Å². The predicted molar refractivity (Wildman–Crippen MR) is 29.3 cm³/mol. The number of carbonyl (C=O) groups excluding carboxylic acids is 1. The Bertz CT molecular complexity index is 170. The summed E-state index contributed by atoms with van der Waals surface area (Å²) in [6.45, 7) is 1.35. The summed E-state index contributed by atoms with van der Waals surface area (Å²) in [4.78, 5) is 10.2. The fourth-order valence-electron chi connectivity index (χ4n) is 0.651. The third-order valence-electron chi connectivity index (χ3n) is 1.22. The van der Waals surface area contributed by atoms with Crippen LogP contribution in [-0.4, -0.2) is 12.1 Å². The van der Waals surface area contributed by atoms with Gasteiger partial charge in [0, 0.05) is 13.3 Å². The third-order valence-corrected chi connectivity index (χ3v) is 1.22. The van der Waals surface area contributed by atoms with Gasteiger partial charge in [-0.15, -0.1) is 0 Å². The number of hydrogen-bond acceptors (Lipinski definition) is 3. The average Bonchev–Trinajstić information content (AvgIpc) is 2.45. The molecule has 0 heterocycles. The minimum absolute atomic E-state index is 0.0334. The zero-order valence-corrected chi connectivity index (χ0v) is 5.13. The van der Waals surface area contributed by atoms with Gasteiger partial charge in [-0.25, -0.2) is 0 Å². The van der Waals surface area contributed by atoms with Gasteiger partial charge in [0.15, 0.2) is 0 Å². The normalized spacial score (nSPS) is 30.7. The lowest BCUT2D eigenvalue weighted by Gasteiger charge is -1.93. The lowest BCUT2D eigenvalue weighted by molar-refractivity contribution is -0.142. The first-order valence-electron chi connectivity index (χ1n) is 2.81. The van der Waals surface area contributed by atoms with E-state index < -0.39 is 0 Å². The Labute approximate surface area is 53.2 Å². The van der Waals surface area contributed by atoms with E-state index in [0.29, 0.717) is 0 Å². The van der Waals surface area contributed by atoms with E-state index in [4.69, 9.17) is 10.00 Å². The van der Waals surface area contributed by atoms with Crippen LogP contribution in [-0.2, 0) is 9.53 Å². The molecule has 48 valence electrons. The van der Waals surface area contributed by atoms with Crippen LogP contribution in [0.4, 0.5) is 0 Å². The molecule has 0 radical (unpaired) electrons. The highest BCUT2D eigenvalue weighted by atomic mass is 16.5. The SMILES string of the molecule is CC(=O)OC1CC1C#N. The summed E-state index contributed by atoms with van der Waals surface area (Å²) in [6.07, 6.45) is 0.614. The molecule has 0 saturated heterocycles. The van der Waals surface area contributed by atoms with Gasteiger partial charge in [-0.05, 0) is 0 Å². The number of nitrogens with zero attached hydrogens (tertiary/aromatic N) is 1. The fourth-order valence-corrected chi connectivity index (χ4v) is 0.651. The highest BCUT2D eigenvalue weighted by Gasteiger charge is 2.40. The Morgan fingerprint density at radius 1 is 1.89 bits per heavy atom. The van der Waals surface area contributed by atoms with E-state index in [2.05, 4.69) is 0 Å². The topological polar surface area (TPSA) is 50.1 Å². The summed E-state index contributed by atoms with van der Waals surface area (Å²) in [7, 11) is 0. The van der Waals surface area contributed by atoms with Crippen molar-refractivity contribution in [1.82, 2.24) is 0 Å². The number of hydrogen-bond donors (Lipinski definition) is 0. The number of ether oxygens (including phenoxy) is 1. The second kappa shape index (κ2) is 2.06. The van der Waals surface area contributed by atoms with Gasteiger partial charge in [0.05, 0.1) is 12.0 Å². The molecular formula is C6H7NO2. The summed E-state index contributed by atoms with van der Waals surface area (Å²) < 4.78 is 4.70. The number of carbonyl (C=O) groups is 1. The van der Waals surface area contributed by atoms with Gasteiger partial charge >= 0.3 is 5.97 Å². The molecule has 1 saturated carbocycles. The summed E-state index contributed by atoms with van der Waals surface area (Å²) in [5, 5.41) is 8.25. The molecule has 0 aromatic carbocycles. The molecule has 0 spiro atoms. The number of rotatable bonds is 1. The molecule has 0 aromatic rings. The van der Waals surface area contributed by atoms with E-state index in [9.17, 15) is 4.79 Å². The molecule has 1 aliphatic carbocycles. The smallest absolute Gasteiger partial charge is 0.302 e. The van der Waals surface area contributed by atoms with Crippen LogP contribution in [0.3, 0.4) is 0 Å². The molecule has 0 bridgehead atoms. The highest BCUT2D eigenvalue weighted by molar-refractivity contribution is 5.66. The minimum Gasteiger partial charge on any atom is -0.461 e. The third kappa shape index (κ3) is 1.43. The number of esters is 1. The van der Waals surface area contributed by atoms with Crippen LogP contribution in [0.15, 0.2) is 0 Å². The van der Waals surface area contributed by atoms with Gasteiger partial charge in [-0.1, -0.05) is 0 Å². The maximum absolute atomic E-state index is 10.2. The van der Waals surface area contributed by atoms with Gasteiger partial charge < -0.3 is 4.74 Å². The van der Waals surface area contributed by atoms with Gasteiger partial charge in [0.25, 0.3) is 0 Å². The van der Waals surface area contributed by atoms with Gasteiger partial charge in [-0.3, -0.25) is 4.79 Å². The maximum atomic E-state index is 10.2. The molecule has 0 amide bonds. The quantitative estimate of drug-likeness (QED) is 0.478. The average molecular weight is 125 g/mol. The van der Waals surface area contributed by atoms with E-state index in [-0.39, 0.29) is 18.0 Å². The maximum Gasteiger partial charge on any atom is 0.302 e. The molecular weight excluding hydrogens is 118 g/mol. The standard InChI is InChI=1S/C6H7NO2/c1-4(8)9-6-2-5(6)3-7/h5-6H,2H2,1H3. The monoisotopic (exact) mass is 125 g/mol. The molecule has 1 rings (SSSR count). The lowest BCUT2D eigenvalue weighted by atomic mass is 10.5. The summed E-state index contributed by atoms with van der Waals surface area (Å²) in [5.74, 6) is -0.327. The van der Waals surface area contributed by atoms with Crippen LogP contribution in [0.25, 0.3) is 0 Å². The van der Waals surface area contributed by atoms with Crippen LogP contribution in [0, 0.1) is 17.2 Å². The highest BCUT2D eigenvalue weighted by Crippen LogP contribution is 2.32. The Morgan fingerprint density at radius 2 is 2.56 bits per heavy atom. The molecule has 3 heteroatoms. The summed E-state index contributed by atoms with van der Waals surface area (Å²) in [5.41, 5.74) is 0. The van der Waals surface area contributed by atoms with Crippen molar-refractivity contribution < 1.29 is 9.53 Å². The van der Waals surface area contributed by atoms with Crippen molar-refractivity contribution in [2.75, 3.05) is 0 Å². The molecule has 9 heavy (non-hydrogen) atoms. The van der Waals surface area contributed by atoms with Crippen molar-refractivity contribution in [2.45, 2.75) is 19.4 Å². The van der Waals surface area contributed by atoms with E-state index in [1.165, 1.54) is 6.92 Å². The molecule has 0 N–H and O–H groups in total. The molecule has 0 aromatic heterocycles. The first-order valence-corrected chi connectivity index (χ1v) is 2.81. The second-order valence-electron chi connectivity index (χ2n) is 2.12. The molecule has 1 fully saturated rings. The zero-order valence-electron chi connectivity index (χ0n) is 5.13. The van der Waals surface area contributed by atoms with Crippen molar-refractivity contribution in [3.8, 4) is 6.07 Å². The first-order chi connectivity index (χ1) is 4.24. The number of nitriles is 1. The predicted octanol–water partition coefficient (Wildman–Crippen LogP) is 0.462. The summed E-state index contributed by atoms with van der Waals surface area (Å²) in [6, 6.07) is 2.02. The van der Waals surface area contributed by atoms with Crippen molar-refractivity contribution in [1.29, 1.82) is 5.26 Å². The Hall–Kier alpha value is -1.04. The van der Waals surface area contributed by atoms with Gasteiger partial charge in [0.1, 0.15) is 6.10 Å². The molecule has 3 nitrogen and oxygen atoms in total. The zero-order chi connectivity index (χ0) is 6.85. The lowest BCUT2D eigenvalue weighted by Crippen LogP contribution is -2.01. The van der Waals surface area contributed by atoms with Crippen LogP contribution in [0.1, 0.15) is 13.3 Å². The van der Waals surface area contributed by atoms with Crippen LogP contribution < -0.4 is 0 Å². The molecule has 1 aliphatic rings. The van der Waals surface area contributed by atoms with E-state index in [1.807, 2.05) is 6.07 Å². The van der Waals surface area contributed by atoms with E-state index >= 15 is 0 Å². The van der Waals surface area contributed by atoms with Crippen molar-refractivity contribution in [3.63, 3.8) is 0 Å². The summed E-state index contributed by atoms with van der Waals surface area (Å²) >= 11 is 0. The molecule has 0 aliphatic heterocycles. The van der Waals surface area contributed by atoms with Crippen LogP contribution in [0.5, 0.6) is 0 Å². The second-order valence-corrected chi connectivity index (χ2v) is 2.12. The fraction of sp³-hybridized carbons (Fsp3) is 0.667. The Kier molecular flexibility index (Phi) is 1.39. The largest absolute Gasteiger partial charge is 0.461 e. The van der Waals surface area contributed by atoms with Crippen LogP contribution in [0.2, 0.25) is 0 Å². The van der Waals surface area contributed by atoms with Gasteiger partial charge in [0.2, 0.25) is 0 Å².